The molecule has 7 nitrogen and oxygen atoms in total. The van der Waals surface area contributed by atoms with Crippen LogP contribution in [0.4, 0.5) is 0 Å². The third-order valence-electron chi connectivity index (χ3n) is 4.48. The highest BCUT2D eigenvalue weighted by Crippen LogP contribution is 2.40. The Bertz CT molecular complexity index is 925. The van der Waals surface area contributed by atoms with E-state index < -0.39 is 17.7 Å². The van der Waals surface area contributed by atoms with Gasteiger partial charge < -0.3 is 19.3 Å². The first-order valence-electron chi connectivity index (χ1n) is 8.64. The number of hydrogen-bond acceptors (Lipinski definition) is 7. The Morgan fingerprint density at radius 1 is 1.33 bits per heavy atom. The molecule has 144 valence electrons. The second kappa shape index (κ2) is 7.28. The number of thiazole rings is 1. The van der Waals surface area contributed by atoms with Crippen LogP contribution >= 0.6 is 11.3 Å². The highest BCUT2D eigenvalue weighted by atomic mass is 32.1. The maximum Gasteiger partial charge on any atom is 0.290 e. The van der Waals surface area contributed by atoms with Crippen molar-refractivity contribution in [1.82, 2.24) is 14.8 Å². The van der Waals surface area contributed by atoms with E-state index in [2.05, 4.69) is 4.98 Å². The third kappa shape index (κ3) is 3.54. The van der Waals surface area contributed by atoms with Crippen LogP contribution in [0.25, 0.3) is 0 Å². The van der Waals surface area contributed by atoms with E-state index in [9.17, 15) is 14.7 Å². The van der Waals surface area contributed by atoms with Crippen LogP contribution in [0.1, 0.15) is 37.9 Å². The molecule has 1 atom stereocenters. The highest BCUT2D eigenvalue weighted by molar-refractivity contribution is 7.14. The number of hydrogen-bond donors (Lipinski definition) is 1. The lowest BCUT2D eigenvalue weighted by atomic mass is 9.99. The standard InChI is InChI=1S/C19H23N3O4S/c1-10-6-7-13(26-10)15-14(16(23)18-11(2)20-12(3)27-18)17(24)19(25)22(15)9-8-21(4)5/h6-7,15,24H,8-9H2,1-5H3/t15-/m0/s1. The van der Waals surface area contributed by atoms with Crippen LogP contribution < -0.4 is 0 Å². The van der Waals surface area contributed by atoms with E-state index in [0.29, 0.717) is 35.2 Å². The first kappa shape index (κ1) is 19.3. The Morgan fingerprint density at radius 3 is 2.56 bits per heavy atom. The molecule has 1 aliphatic rings. The molecule has 0 saturated heterocycles. The Morgan fingerprint density at radius 2 is 2.04 bits per heavy atom. The van der Waals surface area contributed by atoms with E-state index in [1.165, 1.54) is 16.2 Å². The maximum atomic E-state index is 13.2. The van der Waals surface area contributed by atoms with Gasteiger partial charge >= 0.3 is 0 Å². The molecule has 0 fully saturated rings. The smallest absolute Gasteiger partial charge is 0.290 e. The first-order valence-corrected chi connectivity index (χ1v) is 9.46. The number of ketones is 1. The van der Waals surface area contributed by atoms with Gasteiger partial charge in [0.15, 0.2) is 5.76 Å². The summed E-state index contributed by atoms with van der Waals surface area (Å²) in [4.78, 5) is 34.1. The Labute approximate surface area is 161 Å². The molecule has 1 amide bonds. The van der Waals surface area contributed by atoms with Crippen molar-refractivity contribution < 1.29 is 19.1 Å². The SMILES string of the molecule is Cc1ccc([C@H]2C(C(=O)c3sc(C)nc3C)=C(O)C(=O)N2CCN(C)C)o1. The lowest BCUT2D eigenvalue weighted by Gasteiger charge is -2.26. The number of aryl methyl sites for hydroxylation is 3. The van der Waals surface area contributed by atoms with Crippen molar-refractivity contribution in [1.29, 1.82) is 0 Å². The first-order chi connectivity index (χ1) is 12.7. The van der Waals surface area contributed by atoms with Gasteiger partial charge in [-0.1, -0.05) is 0 Å². The quantitative estimate of drug-likeness (QED) is 0.765. The summed E-state index contributed by atoms with van der Waals surface area (Å²) in [6, 6.07) is 2.77. The summed E-state index contributed by atoms with van der Waals surface area (Å²) in [5.74, 6) is -0.310. The van der Waals surface area contributed by atoms with Gasteiger partial charge in [-0.3, -0.25) is 9.59 Å². The van der Waals surface area contributed by atoms with Gasteiger partial charge in [0, 0.05) is 13.1 Å². The van der Waals surface area contributed by atoms with Crippen LogP contribution in [0, 0.1) is 20.8 Å². The molecule has 0 unspecified atom stereocenters. The fraction of sp³-hybridized carbons (Fsp3) is 0.421. The molecule has 27 heavy (non-hydrogen) atoms. The molecule has 0 saturated carbocycles. The summed E-state index contributed by atoms with van der Waals surface area (Å²) in [5.41, 5.74) is 0.649. The van der Waals surface area contributed by atoms with Crippen LogP contribution in [-0.2, 0) is 4.79 Å². The number of aliphatic hydroxyl groups is 1. The van der Waals surface area contributed by atoms with E-state index >= 15 is 0 Å². The van der Waals surface area contributed by atoms with E-state index in [0.717, 1.165) is 5.01 Å². The van der Waals surface area contributed by atoms with Crippen molar-refractivity contribution in [2.45, 2.75) is 26.8 Å². The number of amides is 1. The number of Topliss-reactive ketones (excluding diaryl/α,β-unsaturated/α-hetero) is 1. The van der Waals surface area contributed by atoms with E-state index in [4.69, 9.17) is 4.42 Å². The number of carbonyl (C=O) groups is 2. The maximum absolute atomic E-state index is 13.2. The molecule has 1 N–H and O–H groups in total. The van der Waals surface area contributed by atoms with E-state index in [1.54, 1.807) is 26.0 Å². The largest absolute Gasteiger partial charge is 0.503 e. The minimum atomic E-state index is -0.750. The fourth-order valence-electron chi connectivity index (χ4n) is 3.18. The topological polar surface area (TPSA) is 86.9 Å². The zero-order valence-electron chi connectivity index (χ0n) is 16.1. The Kier molecular flexibility index (Phi) is 5.21. The minimum absolute atomic E-state index is 0.0554. The second-order valence-corrected chi connectivity index (χ2v) is 8.09. The number of furan rings is 1. The predicted octanol–water partition coefficient (Wildman–Crippen LogP) is 2.80. The van der Waals surface area contributed by atoms with Crippen molar-refractivity contribution in [2.75, 3.05) is 27.2 Å². The molecule has 2 aromatic rings. The average molecular weight is 389 g/mol. The normalized spacial score (nSPS) is 17.5. The Hall–Kier alpha value is -2.45. The van der Waals surface area contributed by atoms with Crippen molar-refractivity contribution in [3.63, 3.8) is 0 Å². The van der Waals surface area contributed by atoms with Gasteiger partial charge in [-0.05, 0) is 47.0 Å². The predicted molar refractivity (Wildman–Crippen MR) is 102 cm³/mol. The zero-order chi connectivity index (χ0) is 19.9. The van der Waals surface area contributed by atoms with Crippen LogP contribution in [-0.4, -0.2) is 58.8 Å². The molecule has 0 aromatic carbocycles. The molecule has 1 aliphatic heterocycles. The Balaban J connectivity index is 2.07. The van der Waals surface area contributed by atoms with E-state index in [-0.39, 0.29) is 11.4 Å². The van der Waals surface area contributed by atoms with Gasteiger partial charge in [0.1, 0.15) is 17.6 Å². The van der Waals surface area contributed by atoms with Gasteiger partial charge in [0.2, 0.25) is 5.78 Å². The number of likely N-dealkylation sites (N-methyl/N-ethyl adjacent to an activating group) is 1. The summed E-state index contributed by atoms with van der Waals surface area (Å²) in [5, 5.41) is 11.3. The summed E-state index contributed by atoms with van der Waals surface area (Å²) >= 11 is 1.26. The molecule has 0 spiro atoms. The molecule has 0 radical (unpaired) electrons. The fourth-order valence-corrected chi connectivity index (χ4v) is 4.06. The lowest BCUT2D eigenvalue weighted by Crippen LogP contribution is -2.36. The van der Waals surface area contributed by atoms with Gasteiger partial charge in [-0.15, -0.1) is 11.3 Å². The summed E-state index contributed by atoms with van der Waals surface area (Å²) < 4.78 is 5.74. The van der Waals surface area contributed by atoms with Crippen molar-refractivity contribution in [3.8, 4) is 0 Å². The number of nitrogens with zero attached hydrogens (tertiary/aromatic N) is 3. The highest BCUT2D eigenvalue weighted by Gasteiger charge is 2.45. The molecule has 8 heteroatoms. The molecule has 2 aromatic heterocycles. The van der Waals surface area contributed by atoms with Crippen molar-refractivity contribution in [2.24, 2.45) is 0 Å². The van der Waals surface area contributed by atoms with Gasteiger partial charge in [-0.25, -0.2) is 4.98 Å². The molecular formula is C19H23N3O4S. The molecule has 3 heterocycles. The third-order valence-corrected chi connectivity index (χ3v) is 5.55. The number of aliphatic hydroxyl groups excluding tert-OH is 1. The number of rotatable bonds is 6. The summed E-state index contributed by atoms with van der Waals surface area (Å²) in [6.45, 7) is 6.32. The summed E-state index contributed by atoms with van der Waals surface area (Å²) in [6.07, 6.45) is 0. The van der Waals surface area contributed by atoms with Crippen LogP contribution in [0.3, 0.4) is 0 Å². The molecule has 0 aliphatic carbocycles. The minimum Gasteiger partial charge on any atom is -0.503 e. The summed E-state index contributed by atoms with van der Waals surface area (Å²) in [7, 11) is 3.80. The average Bonchev–Trinajstić information content (AvgIpc) is 3.23. The monoisotopic (exact) mass is 389 g/mol. The van der Waals surface area contributed by atoms with Gasteiger partial charge in [0.25, 0.3) is 5.91 Å². The van der Waals surface area contributed by atoms with Gasteiger partial charge in [0.05, 0.1) is 21.2 Å². The number of aromatic nitrogens is 1. The zero-order valence-corrected chi connectivity index (χ0v) is 16.9. The van der Waals surface area contributed by atoms with Crippen molar-refractivity contribution >= 4 is 23.0 Å². The second-order valence-electron chi connectivity index (χ2n) is 6.89. The lowest BCUT2D eigenvalue weighted by molar-refractivity contribution is -0.129. The molecule has 3 rings (SSSR count). The van der Waals surface area contributed by atoms with Crippen LogP contribution in [0.2, 0.25) is 0 Å². The van der Waals surface area contributed by atoms with E-state index in [1.807, 2.05) is 25.9 Å². The number of carbonyl (C=O) groups excluding carboxylic acids is 2. The molecular weight excluding hydrogens is 366 g/mol. The van der Waals surface area contributed by atoms with Crippen molar-refractivity contribution in [3.05, 3.63) is 50.6 Å². The van der Waals surface area contributed by atoms with Crippen LogP contribution in [0.5, 0.6) is 0 Å². The van der Waals surface area contributed by atoms with Gasteiger partial charge in [-0.2, -0.15) is 0 Å². The molecule has 0 bridgehead atoms. The van der Waals surface area contributed by atoms with Crippen LogP contribution in [0.15, 0.2) is 27.9 Å².